The van der Waals surface area contributed by atoms with Gasteiger partial charge in [0.2, 0.25) is 0 Å². The zero-order valence-electron chi connectivity index (χ0n) is 11.7. The first-order chi connectivity index (χ1) is 9.69. The third-order valence-corrected chi connectivity index (χ3v) is 3.30. The maximum Gasteiger partial charge on any atom is 0.129 e. The number of rotatable bonds is 6. The van der Waals surface area contributed by atoms with Gasteiger partial charge in [0, 0.05) is 11.6 Å². The number of hydrogen-bond donors (Lipinski definition) is 1. The van der Waals surface area contributed by atoms with Crippen molar-refractivity contribution in [2.24, 2.45) is 5.73 Å². The van der Waals surface area contributed by atoms with Gasteiger partial charge >= 0.3 is 0 Å². The zero-order chi connectivity index (χ0) is 14.4. The van der Waals surface area contributed by atoms with Crippen molar-refractivity contribution in [3.63, 3.8) is 0 Å². The second-order valence-corrected chi connectivity index (χ2v) is 4.90. The molecule has 20 heavy (non-hydrogen) atoms. The van der Waals surface area contributed by atoms with Gasteiger partial charge in [-0.05, 0) is 36.6 Å². The van der Waals surface area contributed by atoms with Crippen molar-refractivity contribution in [3.8, 4) is 5.75 Å². The van der Waals surface area contributed by atoms with Gasteiger partial charge in [0.25, 0.3) is 0 Å². The summed E-state index contributed by atoms with van der Waals surface area (Å²) in [6, 6.07) is 14.6. The quantitative estimate of drug-likeness (QED) is 0.871. The standard InChI is InChI=1S/C17H20FNO/c1-2-15(19)11-13-7-9-16(10-8-13)20-12-14-5-3-4-6-17(14)18/h3-10,15H,2,11-12,19H2,1H3. The fourth-order valence-electron chi connectivity index (χ4n) is 1.95. The summed E-state index contributed by atoms with van der Waals surface area (Å²) in [6.07, 6.45) is 1.83. The van der Waals surface area contributed by atoms with Gasteiger partial charge < -0.3 is 10.5 Å². The molecule has 0 spiro atoms. The Balaban J connectivity index is 1.92. The lowest BCUT2D eigenvalue weighted by Gasteiger charge is -2.10. The van der Waals surface area contributed by atoms with Gasteiger partial charge in [-0.1, -0.05) is 37.3 Å². The maximum atomic E-state index is 13.4. The molecule has 3 heteroatoms. The molecule has 2 nitrogen and oxygen atoms in total. The van der Waals surface area contributed by atoms with Crippen molar-refractivity contribution in [3.05, 3.63) is 65.5 Å². The smallest absolute Gasteiger partial charge is 0.129 e. The average Bonchev–Trinajstić information content (AvgIpc) is 2.48. The minimum absolute atomic E-state index is 0.195. The van der Waals surface area contributed by atoms with Crippen LogP contribution < -0.4 is 10.5 Å². The van der Waals surface area contributed by atoms with Crippen LogP contribution in [0.25, 0.3) is 0 Å². The van der Waals surface area contributed by atoms with Gasteiger partial charge in [0.15, 0.2) is 0 Å². The first-order valence-electron chi connectivity index (χ1n) is 6.89. The van der Waals surface area contributed by atoms with Crippen molar-refractivity contribution in [1.29, 1.82) is 0 Å². The molecule has 1 unspecified atom stereocenters. The molecule has 106 valence electrons. The van der Waals surface area contributed by atoms with Gasteiger partial charge in [-0.2, -0.15) is 0 Å². The number of halogens is 1. The molecule has 0 aliphatic carbocycles. The molecule has 2 rings (SSSR count). The molecule has 0 fully saturated rings. The molecule has 0 bridgehead atoms. The minimum atomic E-state index is -0.238. The fraction of sp³-hybridized carbons (Fsp3) is 0.294. The van der Waals surface area contributed by atoms with Crippen LogP contribution in [0, 0.1) is 5.82 Å². The molecule has 2 N–H and O–H groups in total. The highest BCUT2D eigenvalue weighted by Crippen LogP contribution is 2.16. The molecule has 1 atom stereocenters. The molecule has 0 aliphatic rings. The highest BCUT2D eigenvalue weighted by atomic mass is 19.1. The van der Waals surface area contributed by atoms with Crippen molar-refractivity contribution in [2.75, 3.05) is 0 Å². The Hall–Kier alpha value is -1.87. The Kier molecular flexibility index (Phi) is 5.13. The van der Waals surface area contributed by atoms with Gasteiger partial charge in [0.05, 0.1) is 0 Å². The largest absolute Gasteiger partial charge is 0.489 e. The van der Waals surface area contributed by atoms with E-state index in [1.165, 1.54) is 11.6 Å². The van der Waals surface area contributed by atoms with E-state index in [-0.39, 0.29) is 18.5 Å². The third kappa shape index (κ3) is 4.07. The van der Waals surface area contributed by atoms with Crippen LogP contribution >= 0.6 is 0 Å². The van der Waals surface area contributed by atoms with Crippen LogP contribution in [0.1, 0.15) is 24.5 Å². The molecule has 0 saturated heterocycles. The predicted molar refractivity (Wildman–Crippen MR) is 79.1 cm³/mol. The lowest BCUT2D eigenvalue weighted by atomic mass is 10.0. The Labute approximate surface area is 119 Å². The van der Waals surface area contributed by atoms with Crippen LogP contribution in [0.5, 0.6) is 5.75 Å². The van der Waals surface area contributed by atoms with Crippen LogP contribution in [-0.4, -0.2) is 6.04 Å². The average molecular weight is 273 g/mol. The van der Waals surface area contributed by atoms with Gasteiger partial charge in [-0.15, -0.1) is 0 Å². The summed E-state index contributed by atoms with van der Waals surface area (Å²) < 4.78 is 19.0. The van der Waals surface area contributed by atoms with E-state index in [1.54, 1.807) is 18.2 Å². The van der Waals surface area contributed by atoms with Gasteiger partial charge in [-0.25, -0.2) is 4.39 Å². The fourth-order valence-corrected chi connectivity index (χ4v) is 1.95. The summed E-state index contributed by atoms with van der Waals surface area (Å²) in [6.45, 7) is 2.32. The van der Waals surface area contributed by atoms with Crippen LogP contribution in [0.3, 0.4) is 0 Å². The van der Waals surface area contributed by atoms with E-state index in [9.17, 15) is 4.39 Å². The summed E-state index contributed by atoms with van der Waals surface area (Å²) in [5, 5.41) is 0. The van der Waals surface area contributed by atoms with E-state index in [1.807, 2.05) is 24.3 Å². The van der Waals surface area contributed by atoms with E-state index in [4.69, 9.17) is 10.5 Å². The molecular weight excluding hydrogens is 253 g/mol. The molecule has 0 heterocycles. The summed E-state index contributed by atoms with van der Waals surface area (Å²) in [7, 11) is 0. The lowest BCUT2D eigenvalue weighted by Crippen LogP contribution is -2.21. The zero-order valence-corrected chi connectivity index (χ0v) is 11.7. The SMILES string of the molecule is CCC(N)Cc1ccc(OCc2ccccc2F)cc1. The lowest BCUT2D eigenvalue weighted by molar-refractivity contribution is 0.300. The minimum Gasteiger partial charge on any atom is -0.489 e. The molecule has 2 aromatic rings. The Morgan fingerprint density at radius 3 is 2.45 bits per heavy atom. The van der Waals surface area contributed by atoms with Crippen molar-refractivity contribution in [1.82, 2.24) is 0 Å². The van der Waals surface area contributed by atoms with Crippen LogP contribution in [0.4, 0.5) is 4.39 Å². The first-order valence-corrected chi connectivity index (χ1v) is 6.89. The number of ether oxygens (including phenoxy) is 1. The number of benzene rings is 2. The summed E-state index contributed by atoms with van der Waals surface area (Å²) in [4.78, 5) is 0. The number of nitrogens with two attached hydrogens (primary N) is 1. The van der Waals surface area contributed by atoms with Crippen LogP contribution in [0.2, 0.25) is 0 Å². The molecule has 2 aromatic carbocycles. The predicted octanol–water partition coefficient (Wildman–Crippen LogP) is 3.68. The number of hydrogen-bond acceptors (Lipinski definition) is 2. The summed E-state index contributed by atoms with van der Waals surface area (Å²) >= 11 is 0. The maximum absolute atomic E-state index is 13.4. The normalized spacial score (nSPS) is 12.2. The molecule has 0 amide bonds. The summed E-state index contributed by atoms with van der Waals surface area (Å²) in [5.41, 5.74) is 7.67. The topological polar surface area (TPSA) is 35.2 Å². The first kappa shape index (κ1) is 14.5. The van der Waals surface area contributed by atoms with Crippen molar-refractivity contribution in [2.45, 2.75) is 32.4 Å². The highest BCUT2D eigenvalue weighted by Gasteiger charge is 2.03. The third-order valence-electron chi connectivity index (χ3n) is 3.30. The Morgan fingerprint density at radius 2 is 1.80 bits per heavy atom. The highest BCUT2D eigenvalue weighted by molar-refractivity contribution is 5.28. The summed E-state index contributed by atoms with van der Waals surface area (Å²) in [5.74, 6) is 0.500. The van der Waals surface area contributed by atoms with Crippen molar-refractivity contribution < 1.29 is 9.13 Å². The molecule has 0 saturated carbocycles. The van der Waals surface area contributed by atoms with Crippen LogP contribution in [-0.2, 0) is 13.0 Å². The molecule has 0 aliphatic heterocycles. The van der Waals surface area contributed by atoms with Gasteiger partial charge in [-0.3, -0.25) is 0 Å². The van der Waals surface area contributed by atoms with Crippen molar-refractivity contribution >= 4 is 0 Å². The molecule has 0 aromatic heterocycles. The second-order valence-electron chi connectivity index (χ2n) is 4.90. The van der Waals surface area contributed by atoms with E-state index < -0.39 is 0 Å². The Bertz CT molecular complexity index is 539. The van der Waals surface area contributed by atoms with E-state index in [0.29, 0.717) is 5.56 Å². The Morgan fingerprint density at radius 1 is 1.10 bits per heavy atom. The molecule has 0 radical (unpaired) electrons. The van der Waals surface area contributed by atoms with E-state index in [2.05, 4.69) is 6.92 Å². The monoisotopic (exact) mass is 273 g/mol. The van der Waals surface area contributed by atoms with E-state index in [0.717, 1.165) is 18.6 Å². The van der Waals surface area contributed by atoms with Gasteiger partial charge in [0.1, 0.15) is 18.2 Å². The second kappa shape index (κ2) is 7.06. The molecular formula is C17H20FNO. The van der Waals surface area contributed by atoms with Crippen LogP contribution in [0.15, 0.2) is 48.5 Å². The van der Waals surface area contributed by atoms with E-state index >= 15 is 0 Å².